The number of benzene rings is 1. The lowest BCUT2D eigenvalue weighted by Gasteiger charge is -2.15. The zero-order chi connectivity index (χ0) is 31.1. The van der Waals surface area contributed by atoms with Crippen molar-refractivity contribution >= 4 is 29.0 Å². The molecule has 0 aliphatic carbocycles. The summed E-state index contributed by atoms with van der Waals surface area (Å²) in [6, 6.07) is 11.6. The van der Waals surface area contributed by atoms with E-state index in [-0.39, 0.29) is 47.2 Å². The fourth-order valence-electron chi connectivity index (χ4n) is 4.92. The van der Waals surface area contributed by atoms with Crippen LogP contribution in [-0.4, -0.2) is 58.8 Å². The summed E-state index contributed by atoms with van der Waals surface area (Å²) in [6.07, 6.45) is 4.25. The predicted molar refractivity (Wildman–Crippen MR) is 164 cm³/mol. The van der Waals surface area contributed by atoms with Gasteiger partial charge in [-0.3, -0.25) is 9.78 Å². The highest BCUT2D eigenvalue weighted by molar-refractivity contribution is 6.36. The van der Waals surface area contributed by atoms with Crippen LogP contribution >= 0.6 is 11.6 Å². The number of pyridine rings is 3. The minimum absolute atomic E-state index is 0.00310. The van der Waals surface area contributed by atoms with Gasteiger partial charge in [0.05, 0.1) is 30.1 Å². The Kier molecular flexibility index (Phi) is 10.3. The number of nitrogens with one attached hydrogen (secondary N) is 4. The zero-order valence-electron chi connectivity index (χ0n) is 24.0. The first-order valence-corrected chi connectivity index (χ1v) is 14.5. The van der Waals surface area contributed by atoms with Crippen molar-refractivity contribution in [3.8, 4) is 28.4 Å². The van der Waals surface area contributed by atoms with Gasteiger partial charge in [0.25, 0.3) is 0 Å². The highest BCUT2D eigenvalue weighted by atomic mass is 35.5. The van der Waals surface area contributed by atoms with Crippen molar-refractivity contribution in [2.24, 2.45) is 0 Å². The van der Waals surface area contributed by atoms with Gasteiger partial charge in [-0.15, -0.1) is 0 Å². The van der Waals surface area contributed by atoms with Crippen molar-refractivity contribution < 1.29 is 23.4 Å². The van der Waals surface area contributed by atoms with Gasteiger partial charge in [-0.25, -0.2) is 18.7 Å². The number of aromatic nitrogens is 3. The number of halogens is 3. The van der Waals surface area contributed by atoms with Crippen LogP contribution in [0.2, 0.25) is 5.02 Å². The predicted octanol–water partition coefficient (Wildman–Crippen LogP) is 4.34. The van der Waals surface area contributed by atoms with Gasteiger partial charge < -0.3 is 31.1 Å². The lowest BCUT2D eigenvalue weighted by atomic mass is 10.0. The van der Waals surface area contributed by atoms with Crippen molar-refractivity contribution in [2.75, 3.05) is 32.1 Å². The number of rotatable bonds is 13. The number of amides is 1. The molecule has 1 aliphatic rings. The lowest BCUT2D eigenvalue weighted by Crippen LogP contribution is -2.35. The Labute approximate surface area is 258 Å². The number of ether oxygens (including phenoxy) is 1. The molecule has 10 nitrogen and oxygen atoms in total. The van der Waals surface area contributed by atoms with E-state index in [1.807, 2.05) is 6.07 Å². The Hall–Kier alpha value is -4.23. The molecule has 1 aromatic carbocycles. The molecule has 0 unspecified atom stereocenters. The second-order valence-corrected chi connectivity index (χ2v) is 10.5. The molecule has 5 N–H and O–H groups in total. The van der Waals surface area contributed by atoms with Gasteiger partial charge in [0.2, 0.25) is 11.8 Å². The second-order valence-electron chi connectivity index (χ2n) is 10.1. The van der Waals surface area contributed by atoms with Crippen LogP contribution in [0.25, 0.3) is 22.5 Å². The molecule has 13 heteroatoms. The molecule has 44 heavy (non-hydrogen) atoms. The van der Waals surface area contributed by atoms with Crippen LogP contribution in [0.15, 0.2) is 54.9 Å². The first-order valence-electron chi connectivity index (χ1n) is 14.1. The van der Waals surface area contributed by atoms with Crippen LogP contribution < -0.4 is 26.0 Å². The van der Waals surface area contributed by atoms with E-state index in [1.165, 1.54) is 31.6 Å². The van der Waals surface area contributed by atoms with Gasteiger partial charge in [-0.05, 0) is 30.7 Å². The van der Waals surface area contributed by atoms with E-state index >= 15 is 8.78 Å². The number of nitrogens with zero attached hydrogens (tertiary/aromatic N) is 3. The van der Waals surface area contributed by atoms with E-state index in [4.69, 9.17) is 21.4 Å². The molecule has 4 aromatic rings. The average molecular weight is 624 g/mol. The standard InChI is InChI=1S/C31H32ClF2N7O3/c1-44-31-19(16-36-17-20-6-8-25(43)39-20)5-7-23(41-31)21-10-12-37-29(28(21)34)22-3-2-4-24(26(22)32)40-30-27(33)18(9-11-38-30)15-35-13-14-42/h2-5,7,9-12,20,35-36,42H,6,8,13-17H2,1H3,(H,38,40)(H,39,43)/t20-/m1/s1. The summed E-state index contributed by atoms with van der Waals surface area (Å²) in [4.78, 5) is 24.3. The quantitative estimate of drug-likeness (QED) is 0.138. The highest BCUT2D eigenvalue weighted by Crippen LogP contribution is 2.38. The van der Waals surface area contributed by atoms with E-state index in [0.29, 0.717) is 54.4 Å². The minimum Gasteiger partial charge on any atom is -0.481 e. The molecule has 0 saturated carbocycles. The zero-order valence-corrected chi connectivity index (χ0v) is 24.7. The number of methoxy groups -OCH3 is 1. The smallest absolute Gasteiger partial charge is 0.220 e. The third-order valence-electron chi connectivity index (χ3n) is 7.17. The summed E-state index contributed by atoms with van der Waals surface area (Å²) in [5, 5.41) is 21.2. The summed E-state index contributed by atoms with van der Waals surface area (Å²) >= 11 is 6.70. The largest absolute Gasteiger partial charge is 0.481 e. The van der Waals surface area contributed by atoms with E-state index in [1.54, 1.807) is 24.3 Å². The first kappa shape index (κ1) is 31.2. The molecule has 0 bridgehead atoms. The van der Waals surface area contributed by atoms with Crippen LogP contribution in [0.4, 0.5) is 20.3 Å². The maximum atomic E-state index is 16.0. The average Bonchev–Trinajstić information content (AvgIpc) is 3.45. The number of carbonyl (C=O) groups is 1. The summed E-state index contributed by atoms with van der Waals surface area (Å²) in [6.45, 7) is 1.53. The number of aliphatic hydroxyl groups is 1. The van der Waals surface area contributed by atoms with Gasteiger partial charge in [-0.1, -0.05) is 29.8 Å². The normalized spacial score (nSPS) is 14.5. The fourth-order valence-corrected chi connectivity index (χ4v) is 5.18. The van der Waals surface area contributed by atoms with Crippen molar-refractivity contribution in [1.29, 1.82) is 0 Å². The van der Waals surface area contributed by atoms with Gasteiger partial charge in [-0.2, -0.15) is 0 Å². The summed E-state index contributed by atoms with van der Waals surface area (Å²) < 4.78 is 36.6. The van der Waals surface area contributed by atoms with Crippen molar-refractivity contribution in [3.63, 3.8) is 0 Å². The van der Waals surface area contributed by atoms with Gasteiger partial charge in [0.1, 0.15) is 5.69 Å². The van der Waals surface area contributed by atoms with Crippen LogP contribution in [0, 0.1) is 11.6 Å². The number of aliphatic hydroxyl groups excluding tert-OH is 1. The molecule has 5 rings (SSSR count). The maximum absolute atomic E-state index is 16.0. The Balaban J connectivity index is 1.37. The number of hydrogen-bond acceptors (Lipinski definition) is 9. The Bertz CT molecular complexity index is 1640. The number of anilines is 2. The van der Waals surface area contributed by atoms with Gasteiger partial charge in [0.15, 0.2) is 17.5 Å². The third-order valence-corrected chi connectivity index (χ3v) is 7.58. The van der Waals surface area contributed by atoms with Crippen molar-refractivity contribution in [1.82, 2.24) is 30.9 Å². The Morgan fingerprint density at radius 1 is 1.02 bits per heavy atom. The molecule has 4 heterocycles. The fraction of sp³-hybridized carbons (Fsp3) is 0.290. The topological polar surface area (TPSA) is 133 Å². The number of carbonyl (C=O) groups excluding carboxylic acids is 1. The van der Waals surface area contributed by atoms with Crippen molar-refractivity contribution in [2.45, 2.75) is 32.0 Å². The highest BCUT2D eigenvalue weighted by Gasteiger charge is 2.22. The van der Waals surface area contributed by atoms with Crippen molar-refractivity contribution in [3.05, 3.63) is 82.6 Å². The van der Waals surface area contributed by atoms with Crippen LogP contribution in [-0.2, 0) is 17.9 Å². The molecular formula is C31H32ClF2N7O3. The molecule has 1 fully saturated rings. The summed E-state index contributed by atoms with van der Waals surface area (Å²) in [5.74, 6) is -0.854. The molecule has 0 spiro atoms. The van der Waals surface area contributed by atoms with E-state index < -0.39 is 11.6 Å². The molecule has 0 radical (unpaired) electrons. The SMILES string of the molecule is COc1nc(-c2ccnc(-c3cccc(Nc4nccc(CNCCO)c4F)c3Cl)c2F)ccc1CNC[C@H]1CCC(=O)N1. The molecule has 1 aliphatic heterocycles. The van der Waals surface area contributed by atoms with E-state index in [0.717, 1.165) is 12.0 Å². The maximum Gasteiger partial charge on any atom is 0.220 e. The van der Waals surface area contributed by atoms with Crippen LogP contribution in [0.5, 0.6) is 5.88 Å². The van der Waals surface area contributed by atoms with Crippen LogP contribution in [0.3, 0.4) is 0 Å². The monoisotopic (exact) mass is 623 g/mol. The summed E-state index contributed by atoms with van der Waals surface area (Å²) in [7, 11) is 1.50. The van der Waals surface area contributed by atoms with E-state index in [2.05, 4.69) is 36.2 Å². The molecule has 1 amide bonds. The Morgan fingerprint density at radius 3 is 2.61 bits per heavy atom. The third kappa shape index (κ3) is 7.11. The molecular weight excluding hydrogens is 592 g/mol. The number of hydrogen-bond donors (Lipinski definition) is 5. The summed E-state index contributed by atoms with van der Waals surface area (Å²) in [5.41, 5.74) is 2.30. The van der Waals surface area contributed by atoms with Gasteiger partial charge in [0, 0.05) is 73.3 Å². The second kappa shape index (κ2) is 14.5. The molecule has 1 atom stereocenters. The molecule has 3 aromatic heterocycles. The lowest BCUT2D eigenvalue weighted by molar-refractivity contribution is -0.119. The Morgan fingerprint density at radius 2 is 1.84 bits per heavy atom. The molecule has 1 saturated heterocycles. The van der Waals surface area contributed by atoms with Crippen LogP contribution in [0.1, 0.15) is 24.0 Å². The first-order chi connectivity index (χ1) is 21.4. The minimum atomic E-state index is -0.634. The van der Waals surface area contributed by atoms with E-state index in [9.17, 15) is 4.79 Å². The van der Waals surface area contributed by atoms with Gasteiger partial charge >= 0.3 is 0 Å². The molecule has 230 valence electrons.